The van der Waals surface area contributed by atoms with Gasteiger partial charge in [-0.3, -0.25) is 0 Å². The van der Waals surface area contributed by atoms with E-state index in [9.17, 15) is 0 Å². The lowest BCUT2D eigenvalue weighted by Gasteiger charge is -2.08. The zero-order chi connectivity index (χ0) is 29.0. The fourth-order valence-corrected chi connectivity index (χ4v) is 4.50. The topological polar surface area (TPSA) is 51.8 Å². The molecule has 0 radical (unpaired) electrons. The van der Waals surface area contributed by atoms with Crippen LogP contribution in [-0.4, -0.2) is 15.0 Å². The first-order valence-corrected chi connectivity index (χ1v) is 11.8. The lowest BCUT2D eigenvalue weighted by Crippen LogP contribution is -2.00. The molecule has 7 aromatic rings. The minimum absolute atomic E-state index is 0.135. The largest absolute Gasteiger partial charge is 0.456 e. The van der Waals surface area contributed by atoms with Gasteiger partial charge in [-0.05, 0) is 29.3 Å². The van der Waals surface area contributed by atoms with Gasteiger partial charge in [-0.25, -0.2) is 15.0 Å². The standard InChI is InChI=1S/C33H21N3O/c1-4-11-22(12-5-1)26-17-10-18-28-30(26)27-20-19-25(21-29(27)37-28)33-35-31(23-13-6-2-7-14-23)34-32(36-33)24-15-8-3-9-16-24/h1-21H/i1D,4D,5D,11D,12D. The second kappa shape index (κ2) is 8.85. The van der Waals surface area contributed by atoms with Crippen LogP contribution in [0, 0.1) is 0 Å². The van der Waals surface area contributed by atoms with Gasteiger partial charge in [-0.15, -0.1) is 0 Å². The summed E-state index contributed by atoms with van der Waals surface area (Å²) in [4.78, 5) is 14.4. The maximum Gasteiger partial charge on any atom is 0.164 e. The summed E-state index contributed by atoms with van der Waals surface area (Å²) in [6.07, 6.45) is 0. The van der Waals surface area contributed by atoms with Crippen molar-refractivity contribution in [2.75, 3.05) is 0 Å². The van der Waals surface area contributed by atoms with Crippen molar-refractivity contribution >= 4 is 21.9 Å². The van der Waals surface area contributed by atoms with Crippen molar-refractivity contribution in [3.8, 4) is 45.3 Å². The Morgan fingerprint density at radius 3 is 1.78 bits per heavy atom. The molecule has 7 rings (SSSR count). The molecule has 4 nitrogen and oxygen atoms in total. The fraction of sp³-hybridized carbons (Fsp3) is 0. The van der Waals surface area contributed by atoms with Crippen molar-refractivity contribution < 1.29 is 11.3 Å². The molecule has 174 valence electrons. The van der Waals surface area contributed by atoms with E-state index in [2.05, 4.69) is 0 Å². The fourth-order valence-electron chi connectivity index (χ4n) is 4.50. The molecule has 0 N–H and O–H groups in total. The molecule has 0 unspecified atom stereocenters. The lowest BCUT2D eigenvalue weighted by molar-refractivity contribution is 0.669. The van der Waals surface area contributed by atoms with Crippen LogP contribution < -0.4 is 0 Å². The Hall–Kier alpha value is -5.09. The van der Waals surface area contributed by atoms with Crippen LogP contribution in [0.4, 0.5) is 0 Å². The van der Waals surface area contributed by atoms with E-state index >= 15 is 0 Å². The highest BCUT2D eigenvalue weighted by molar-refractivity contribution is 6.12. The van der Waals surface area contributed by atoms with Gasteiger partial charge in [0.1, 0.15) is 11.2 Å². The Morgan fingerprint density at radius 2 is 1.14 bits per heavy atom. The minimum atomic E-state index is -0.426. The van der Waals surface area contributed by atoms with E-state index in [1.807, 2.05) is 78.9 Å². The maximum absolute atomic E-state index is 8.51. The van der Waals surface area contributed by atoms with Gasteiger partial charge in [0.2, 0.25) is 0 Å². The summed E-state index contributed by atoms with van der Waals surface area (Å²) in [7, 11) is 0. The highest BCUT2D eigenvalue weighted by Crippen LogP contribution is 2.38. The van der Waals surface area contributed by atoms with Gasteiger partial charge in [0.25, 0.3) is 0 Å². The smallest absolute Gasteiger partial charge is 0.164 e. The number of hydrogen-bond acceptors (Lipinski definition) is 4. The number of rotatable bonds is 4. The normalized spacial score (nSPS) is 13.1. The van der Waals surface area contributed by atoms with Crippen molar-refractivity contribution in [3.63, 3.8) is 0 Å². The summed E-state index contributed by atoms with van der Waals surface area (Å²) in [5.74, 6) is 1.58. The highest BCUT2D eigenvalue weighted by Gasteiger charge is 2.16. The maximum atomic E-state index is 8.51. The first-order chi connectivity index (χ1) is 20.4. The van der Waals surface area contributed by atoms with Crippen molar-refractivity contribution in [2.45, 2.75) is 0 Å². The third kappa shape index (κ3) is 3.85. The molecule has 37 heavy (non-hydrogen) atoms. The average molecular weight is 481 g/mol. The summed E-state index contributed by atoms with van der Waals surface area (Å²) in [5.41, 5.74) is 4.20. The molecular weight excluding hydrogens is 454 g/mol. The van der Waals surface area contributed by atoms with Crippen molar-refractivity contribution in [1.82, 2.24) is 15.0 Å². The van der Waals surface area contributed by atoms with Crippen LogP contribution in [0.25, 0.3) is 67.2 Å². The van der Waals surface area contributed by atoms with Crippen molar-refractivity contribution in [1.29, 1.82) is 0 Å². The van der Waals surface area contributed by atoms with Crippen molar-refractivity contribution in [3.05, 3.63) is 127 Å². The summed E-state index contributed by atoms with van der Waals surface area (Å²) in [6.45, 7) is 0. The molecule has 0 amide bonds. The zero-order valence-electron chi connectivity index (χ0n) is 24.5. The molecular formula is C33H21N3O. The second-order valence-electron chi connectivity index (χ2n) is 8.53. The molecule has 0 saturated carbocycles. The molecule has 5 aromatic carbocycles. The summed E-state index contributed by atoms with van der Waals surface area (Å²) >= 11 is 0. The van der Waals surface area contributed by atoms with Gasteiger partial charge in [-0.2, -0.15) is 0 Å². The number of fused-ring (bicyclic) bond motifs is 3. The van der Waals surface area contributed by atoms with Crippen LogP contribution in [0.5, 0.6) is 0 Å². The molecule has 0 atom stereocenters. The molecule has 2 heterocycles. The second-order valence-corrected chi connectivity index (χ2v) is 8.53. The van der Waals surface area contributed by atoms with Gasteiger partial charge in [0.15, 0.2) is 17.5 Å². The first-order valence-electron chi connectivity index (χ1n) is 14.3. The van der Waals surface area contributed by atoms with Gasteiger partial charge in [0, 0.05) is 27.5 Å². The average Bonchev–Trinajstić information content (AvgIpc) is 3.42. The Morgan fingerprint density at radius 1 is 0.514 bits per heavy atom. The third-order valence-corrected chi connectivity index (χ3v) is 6.22. The van der Waals surface area contributed by atoms with E-state index in [0.717, 1.165) is 22.1 Å². The Bertz CT molecular complexity index is 2060. The number of aromatic nitrogens is 3. The monoisotopic (exact) mass is 480 g/mol. The van der Waals surface area contributed by atoms with Gasteiger partial charge in [-0.1, -0.05) is 109 Å². The number of nitrogens with zero attached hydrogens (tertiary/aromatic N) is 3. The van der Waals surface area contributed by atoms with E-state index in [4.69, 9.17) is 26.2 Å². The quantitative estimate of drug-likeness (QED) is 0.254. The Kier molecular flexibility index (Phi) is 3.96. The van der Waals surface area contributed by atoms with E-state index in [0.29, 0.717) is 39.6 Å². The van der Waals surface area contributed by atoms with Gasteiger partial charge < -0.3 is 4.42 Å². The molecule has 0 aliphatic rings. The Labute approximate surface area is 221 Å². The molecule has 2 aromatic heterocycles. The van der Waals surface area contributed by atoms with Crippen LogP contribution in [0.3, 0.4) is 0 Å². The van der Waals surface area contributed by atoms with Crippen molar-refractivity contribution in [2.24, 2.45) is 0 Å². The number of benzene rings is 5. The predicted molar refractivity (Wildman–Crippen MR) is 149 cm³/mol. The molecule has 0 fully saturated rings. The summed E-state index contributed by atoms with van der Waals surface area (Å²) < 4.78 is 47.5. The van der Waals surface area contributed by atoms with E-state index in [-0.39, 0.29) is 29.7 Å². The molecule has 4 heteroatoms. The highest BCUT2D eigenvalue weighted by atomic mass is 16.3. The molecule has 0 aliphatic heterocycles. The SMILES string of the molecule is [2H]c1c([2H])c([2H])c(-c2cccc3oc4cc(-c5nc(-c6ccccc6)nc(-c6ccccc6)n5)ccc4c23)c([2H])c1[2H]. The van der Waals surface area contributed by atoms with E-state index < -0.39 is 6.04 Å². The predicted octanol–water partition coefficient (Wildman–Crippen LogP) is 8.44. The molecule has 0 saturated heterocycles. The Balaban J connectivity index is 1.43. The number of hydrogen-bond donors (Lipinski definition) is 0. The van der Waals surface area contributed by atoms with Crippen LogP contribution in [0.2, 0.25) is 0 Å². The minimum Gasteiger partial charge on any atom is -0.456 e. The zero-order valence-corrected chi connectivity index (χ0v) is 19.5. The van der Waals surface area contributed by atoms with Gasteiger partial charge >= 0.3 is 0 Å². The molecule has 0 aliphatic carbocycles. The third-order valence-electron chi connectivity index (χ3n) is 6.22. The van der Waals surface area contributed by atoms with E-state index in [1.165, 1.54) is 0 Å². The van der Waals surface area contributed by atoms with Crippen LogP contribution in [0.1, 0.15) is 6.85 Å². The van der Waals surface area contributed by atoms with Crippen LogP contribution >= 0.6 is 0 Å². The molecule has 0 bridgehead atoms. The van der Waals surface area contributed by atoms with Crippen LogP contribution in [0.15, 0.2) is 132 Å². The van der Waals surface area contributed by atoms with Gasteiger partial charge in [0.05, 0.1) is 6.85 Å². The van der Waals surface area contributed by atoms with Crippen LogP contribution in [-0.2, 0) is 0 Å². The molecule has 0 spiro atoms. The first kappa shape index (κ1) is 16.6. The lowest BCUT2D eigenvalue weighted by atomic mass is 9.99. The summed E-state index contributed by atoms with van der Waals surface area (Å²) in [6, 6.07) is 28.7. The van der Waals surface area contributed by atoms with E-state index in [1.54, 1.807) is 18.2 Å². The summed E-state index contributed by atoms with van der Waals surface area (Å²) in [5, 5.41) is 1.42. The number of furan rings is 1.